The van der Waals surface area contributed by atoms with Crippen molar-refractivity contribution in [2.24, 2.45) is 0 Å². The zero-order valence-corrected chi connectivity index (χ0v) is 12.8. The van der Waals surface area contributed by atoms with Gasteiger partial charge in [-0.2, -0.15) is 0 Å². The molecule has 0 aliphatic carbocycles. The molecule has 0 unspecified atom stereocenters. The fourth-order valence-corrected chi connectivity index (χ4v) is 2.78. The van der Waals surface area contributed by atoms with E-state index < -0.39 is 0 Å². The number of hydrogen-bond donors (Lipinski definition) is 0. The van der Waals surface area contributed by atoms with Gasteiger partial charge in [0, 0.05) is 13.0 Å². The van der Waals surface area contributed by atoms with E-state index in [1.165, 1.54) is 11.1 Å². The summed E-state index contributed by atoms with van der Waals surface area (Å²) >= 11 is 0. The predicted molar refractivity (Wildman–Crippen MR) is 80.7 cm³/mol. The fourth-order valence-electron chi connectivity index (χ4n) is 2.78. The average Bonchev–Trinajstić information content (AvgIpc) is 2.40. The lowest BCUT2D eigenvalue weighted by molar-refractivity contribution is -0.146. The standard InChI is InChI=1S/C17H25NO2/c1-14-7-4-5-8-15(14)9-6-10-16(19)18-11-12-20-13-17(18,2)3/h4-5,7-8H,6,9-13H2,1-3H3. The van der Waals surface area contributed by atoms with Gasteiger partial charge >= 0.3 is 0 Å². The minimum Gasteiger partial charge on any atom is -0.377 e. The highest BCUT2D eigenvalue weighted by molar-refractivity contribution is 5.77. The van der Waals surface area contributed by atoms with E-state index in [1.807, 2.05) is 4.90 Å². The van der Waals surface area contributed by atoms with Crippen LogP contribution in [-0.2, 0) is 16.0 Å². The number of aryl methyl sites for hydroxylation is 2. The maximum Gasteiger partial charge on any atom is 0.223 e. The van der Waals surface area contributed by atoms with Crippen molar-refractivity contribution >= 4 is 5.91 Å². The molecule has 0 spiro atoms. The molecule has 0 atom stereocenters. The van der Waals surface area contributed by atoms with Crippen molar-refractivity contribution in [1.82, 2.24) is 4.90 Å². The van der Waals surface area contributed by atoms with Crippen LogP contribution in [0.5, 0.6) is 0 Å². The van der Waals surface area contributed by atoms with Crippen LogP contribution < -0.4 is 0 Å². The summed E-state index contributed by atoms with van der Waals surface area (Å²) in [5, 5.41) is 0. The summed E-state index contributed by atoms with van der Waals surface area (Å²) in [4.78, 5) is 14.3. The third-order valence-corrected chi connectivity index (χ3v) is 4.04. The van der Waals surface area contributed by atoms with Crippen LogP contribution in [0.2, 0.25) is 0 Å². The Hall–Kier alpha value is -1.35. The number of ether oxygens (including phenoxy) is 1. The average molecular weight is 275 g/mol. The van der Waals surface area contributed by atoms with Gasteiger partial charge in [0.1, 0.15) is 0 Å². The summed E-state index contributed by atoms with van der Waals surface area (Å²) in [6, 6.07) is 8.40. The Morgan fingerprint density at radius 1 is 1.35 bits per heavy atom. The third-order valence-electron chi connectivity index (χ3n) is 4.04. The molecule has 0 radical (unpaired) electrons. The van der Waals surface area contributed by atoms with Crippen molar-refractivity contribution in [3.05, 3.63) is 35.4 Å². The van der Waals surface area contributed by atoms with Gasteiger partial charge in [0.15, 0.2) is 0 Å². The summed E-state index contributed by atoms with van der Waals surface area (Å²) in [5.74, 6) is 0.256. The Balaban J connectivity index is 1.85. The molecular weight excluding hydrogens is 250 g/mol. The van der Waals surface area contributed by atoms with Crippen LogP contribution in [0.15, 0.2) is 24.3 Å². The Labute approximate surface area is 121 Å². The van der Waals surface area contributed by atoms with E-state index in [0.29, 0.717) is 19.6 Å². The molecule has 3 heteroatoms. The first-order valence-electron chi connectivity index (χ1n) is 7.43. The molecular formula is C17H25NO2. The predicted octanol–water partition coefficient (Wildman–Crippen LogP) is 2.96. The highest BCUT2D eigenvalue weighted by atomic mass is 16.5. The molecule has 20 heavy (non-hydrogen) atoms. The smallest absolute Gasteiger partial charge is 0.223 e. The minimum absolute atomic E-state index is 0.169. The zero-order chi connectivity index (χ0) is 14.6. The molecule has 1 aliphatic rings. The van der Waals surface area contributed by atoms with Gasteiger partial charge in [-0.05, 0) is 44.7 Å². The molecule has 1 saturated heterocycles. The second-order valence-corrected chi connectivity index (χ2v) is 6.19. The first kappa shape index (κ1) is 15.0. The highest BCUT2D eigenvalue weighted by Gasteiger charge is 2.33. The van der Waals surface area contributed by atoms with E-state index in [9.17, 15) is 4.79 Å². The topological polar surface area (TPSA) is 29.5 Å². The summed E-state index contributed by atoms with van der Waals surface area (Å²) in [6.45, 7) is 8.29. The van der Waals surface area contributed by atoms with Gasteiger partial charge in [0.2, 0.25) is 5.91 Å². The monoisotopic (exact) mass is 275 g/mol. The first-order valence-corrected chi connectivity index (χ1v) is 7.43. The largest absolute Gasteiger partial charge is 0.377 e. The second-order valence-electron chi connectivity index (χ2n) is 6.19. The fraction of sp³-hybridized carbons (Fsp3) is 0.588. The van der Waals surface area contributed by atoms with E-state index in [4.69, 9.17) is 4.74 Å². The van der Waals surface area contributed by atoms with Gasteiger partial charge in [0.25, 0.3) is 0 Å². The Kier molecular flexibility index (Phi) is 4.81. The lowest BCUT2D eigenvalue weighted by Gasteiger charge is -2.42. The number of hydrogen-bond acceptors (Lipinski definition) is 2. The number of carbonyl (C=O) groups is 1. The quantitative estimate of drug-likeness (QED) is 0.845. The van der Waals surface area contributed by atoms with E-state index in [2.05, 4.69) is 45.0 Å². The molecule has 3 nitrogen and oxygen atoms in total. The number of rotatable bonds is 4. The van der Waals surface area contributed by atoms with Crippen molar-refractivity contribution in [3.63, 3.8) is 0 Å². The SMILES string of the molecule is Cc1ccccc1CCCC(=O)N1CCOCC1(C)C. The molecule has 1 aromatic rings. The van der Waals surface area contributed by atoms with Gasteiger partial charge in [-0.1, -0.05) is 24.3 Å². The van der Waals surface area contributed by atoms with Gasteiger partial charge in [-0.15, -0.1) is 0 Å². The molecule has 2 rings (SSSR count). The summed E-state index contributed by atoms with van der Waals surface area (Å²) in [5.41, 5.74) is 2.49. The van der Waals surface area contributed by atoms with Gasteiger partial charge in [0.05, 0.1) is 18.8 Å². The Morgan fingerprint density at radius 2 is 2.10 bits per heavy atom. The molecule has 1 aromatic carbocycles. The molecule has 0 saturated carbocycles. The van der Waals surface area contributed by atoms with Crippen LogP contribution in [0, 0.1) is 6.92 Å². The third kappa shape index (κ3) is 3.60. The highest BCUT2D eigenvalue weighted by Crippen LogP contribution is 2.21. The summed E-state index contributed by atoms with van der Waals surface area (Å²) in [7, 11) is 0. The molecule has 0 N–H and O–H groups in total. The van der Waals surface area contributed by atoms with E-state index in [-0.39, 0.29) is 11.4 Å². The number of morpholine rings is 1. The van der Waals surface area contributed by atoms with Crippen molar-refractivity contribution in [3.8, 4) is 0 Å². The summed E-state index contributed by atoms with van der Waals surface area (Å²) < 4.78 is 5.46. The molecule has 1 amide bonds. The van der Waals surface area contributed by atoms with E-state index >= 15 is 0 Å². The number of amides is 1. The summed E-state index contributed by atoms with van der Waals surface area (Å²) in [6.07, 6.45) is 2.51. The van der Waals surface area contributed by atoms with Crippen molar-refractivity contribution in [1.29, 1.82) is 0 Å². The van der Waals surface area contributed by atoms with Crippen molar-refractivity contribution in [2.75, 3.05) is 19.8 Å². The molecule has 110 valence electrons. The van der Waals surface area contributed by atoms with Crippen molar-refractivity contribution < 1.29 is 9.53 Å². The Bertz CT molecular complexity index is 468. The van der Waals surface area contributed by atoms with E-state index in [0.717, 1.165) is 19.4 Å². The van der Waals surface area contributed by atoms with Crippen molar-refractivity contribution in [2.45, 2.75) is 45.6 Å². The number of nitrogens with zero attached hydrogens (tertiary/aromatic N) is 1. The van der Waals surface area contributed by atoms with Crippen LogP contribution >= 0.6 is 0 Å². The molecule has 1 heterocycles. The van der Waals surface area contributed by atoms with Gasteiger partial charge in [-0.3, -0.25) is 4.79 Å². The normalized spacial score (nSPS) is 18.1. The minimum atomic E-state index is -0.169. The van der Waals surface area contributed by atoms with Crippen LogP contribution in [0.3, 0.4) is 0 Å². The van der Waals surface area contributed by atoms with Gasteiger partial charge < -0.3 is 9.64 Å². The molecule has 0 aromatic heterocycles. The van der Waals surface area contributed by atoms with E-state index in [1.54, 1.807) is 0 Å². The second kappa shape index (κ2) is 6.40. The number of carbonyl (C=O) groups excluding carboxylic acids is 1. The maximum atomic E-state index is 12.4. The van der Waals surface area contributed by atoms with Gasteiger partial charge in [-0.25, -0.2) is 0 Å². The van der Waals surface area contributed by atoms with Crippen LogP contribution in [0.4, 0.5) is 0 Å². The first-order chi connectivity index (χ1) is 9.50. The van der Waals surface area contributed by atoms with Crippen LogP contribution in [0.1, 0.15) is 37.8 Å². The number of benzene rings is 1. The maximum absolute atomic E-state index is 12.4. The molecule has 0 bridgehead atoms. The Morgan fingerprint density at radius 3 is 2.80 bits per heavy atom. The lowest BCUT2D eigenvalue weighted by atomic mass is 10.00. The molecule has 1 aliphatic heterocycles. The van der Waals surface area contributed by atoms with Crippen LogP contribution in [-0.4, -0.2) is 36.1 Å². The zero-order valence-electron chi connectivity index (χ0n) is 12.8. The molecule has 1 fully saturated rings. The lowest BCUT2D eigenvalue weighted by Crippen LogP contribution is -2.55. The van der Waals surface area contributed by atoms with Crippen LogP contribution in [0.25, 0.3) is 0 Å².